The van der Waals surface area contributed by atoms with Crippen molar-refractivity contribution in [2.45, 2.75) is 150 Å². The van der Waals surface area contributed by atoms with Crippen LogP contribution >= 0.6 is 28.3 Å². The summed E-state index contributed by atoms with van der Waals surface area (Å²) in [5, 5.41) is 5.04. The molecule has 121 heavy (non-hydrogen) atoms. The third-order valence-corrected chi connectivity index (χ3v) is 20.2. The Balaban J connectivity index is 0.000000494. The number of nitrogens with two attached hydrogens (primary N) is 3. The van der Waals surface area contributed by atoms with Gasteiger partial charge in [-0.1, -0.05) is 52.3 Å². The molecule has 0 aliphatic carbocycles. The number of rotatable bonds is 11. The van der Waals surface area contributed by atoms with Crippen molar-refractivity contribution in [1.82, 2.24) is 24.9 Å². The average molecular weight is 1900 g/mol. The molecule has 0 radical (unpaired) electrons. The molecule has 9 rings (SSSR count). The number of hydrogen-bond donors (Lipinski definition) is 3. The summed E-state index contributed by atoms with van der Waals surface area (Å²) >= 11 is 3.04. The van der Waals surface area contributed by atoms with Gasteiger partial charge in [-0.15, -0.1) is 12.4 Å². The molecule has 666 valence electrons. The summed E-state index contributed by atoms with van der Waals surface area (Å²) in [7, 11) is -4.35. The third-order valence-electron chi connectivity index (χ3n) is 15.2. The van der Waals surface area contributed by atoms with Crippen LogP contribution in [0.4, 0.5) is 119 Å². The van der Waals surface area contributed by atoms with Crippen LogP contribution in [0.1, 0.15) is 180 Å². The maximum Gasteiger partial charge on any atom is 0.418 e. The van der Waals surface area contributed by atoms with Crippen LogP contribution < -0.4 is 16.6 Å². The van der Waals surface area contributed by atoms with E-state index in [4.69, 9.17) is 16.6 Å². The van der Waals surface area contributed by atoms with E-state index in [1.165, 1.54) is 30.6 Å². The zero-order valence-electron chi connectivity index (χ0n) is 63.8. The SMILES string of the molecule is CC(C)(C)[S@@](N)=O.CC(C)(C)[S@](=O)C[C@@H](c1ccc(C(F)(F)F)cc1)c1ncccc1C(F)(F)F.CC(C)(C)[S@](=O)N=Cc1ncccc1C(F)(F)F.Cl.FC(F)(F)c1ccc(Br)cc1.N[C@@H](c1ccc(C(F)(F)F)cc1)c1ncccc1C(F)(F)F.N[C@@H](c1ccc(C(F)(F)F)cc1)c1ncccc1C(F)(F)F.O=Cc1ncccc1C(F)(F)F. The summed E-state index contributed by atoms with van der Waals surface area (Å²) in [6, 6.07) is 23.3. The molecule has 0 spiro atoms. The second kappa shape index (κ2) is 44.0. The second-order valence-corrected chi connectivity index (χ2v) is 34.2. The molecule has 6 N–H and O–H groups in total. The number of aromatic nitrogens is 5. The van der Waals surface area contributed by atoms with E-state index in [9.17, 15) is 136 Å². The van der Waals surface area contributed by atoms with Crippen LogP contribution in [0.25, 0.3) is 0 Å². The topological polar surface area (TPSA) is 223 Å². The van der Waals surface area contributed by atoms with Crippen molar-refractivity contribution in [3.05, 3.63) is 288 Å². The molecule has 6 atom stereocenters. The minimum atomic E-state index is -4.70. The minimum Gasteiger partial charge on any atom is -0.319 e. The summed E-state index contributed by atoms with van der Waals surface area (Å²) in [5.41, 5.74) is 1.48. The molecule has 0 bridgehead atoms. The lowest BCUT2D eigenvalue weighted by Gasteiger charge is -2.25. The number of pyridine rings is 5. The molecule has 0 fully saturated rings. The number of carbonyl (C=O) groups excluding carboxylic acids is 1. The summed E-state index contributed by atoms with van der Waals surface area (Å²) in [6.45, 7) is 15.6. The number of alkyl halides is 27. The number of hydrogen-bond acceptors (Lipinski definition) is 11. The molecule has 4 aromatic carbocycles. The first-order valence-corrected chi connectivity index (χ1v) is 37.9. The molecule has 5 heterocycles. The van der Waals surface area contributed by atoms with Gasteiger partial charge in [-0.3, -0.25) is 39.1 Å². The third kappa shape index (κ3) is 35.5. The average Bonchev–Trinajstić information content (AvgIpc) is 0.811. The van der Waals surface area contributed by atoms with E-state index < -0.39 is 183 Å². The van der Waals surface area contributed by atoms with Crippen LogP contribution in [0.15, 0.2) is 198 Å². The Kier molecular flexibility index (Phi) is 39.3. The maximum atomic E-state index is 13.5. The number of nitrogens with zero attached hydrogens (tertiary/aromatic N) is 6. The molecule has 13 nitrogen and oxygen atoms in total. The summed E-state index contributed by atoms with van der Waals surface area (Å²) in [5.74, 6) is -1.27. The highest BCUT2D eigenvalue weighted by atomic mass is 79.9. The highest BCUT2D eigenvalue weighted by molar-refractivity contribution is 9.10. The van der Waals surface area contributed by atoms with E-state index in [-0.39, 0.29) is 57.3 Å². The van der Waals surface area contributed by atoms with Gasteiger partial charge in [-0.2, -0.15) is 123 Å². The Bertz CT molecular complexity index is 4740. The fourth-order valence-electron chi connectivity index (χ4n) is 8.86. The van der Waals surface area contributed by atoms with Crippen molar-refractivity contribution in [1.29, 1.82) is 0 Å². The smallest absolute Gasteiger partial charge is 0.319 e. The molecular formula is C76H72BrClF27N9O4S3. The quantitative estimate of drug-likeness (QED) is 0.0627. The monoisotopic (exact) mass is 1900 g/mol. The second-order valence-electron chi connectivity index (χ2n) is 27.3. The van der Waals surface area contributed by atoms with Crippen molar-refractivity contribution in [2.24, 2.45) is 21.0 Å². The molecule has 0 aliphatic rings. The molecule has 45 heteroatoms. The molecule has 0 amide bonds. The molecule has 0 aliphatic heterocycles. The van der Waals surface area contributed by atoms with Gasteiger partial charge in [0.2, 0.25) is 0 Å². The number of benzene rings is 4. The minimum absolute atomic E-state index is 0. The van der Waals surface area contributed by atoms with Gasteiger partial charge in [0.25, 0.3) is 0 Å². The zero-order chi connectivity index (χ0) is 92.1. The Labute approximate surface area is 696 Å². The standard InChI is InChI=1S/C19H19F6NOS.2C14H10F6N2.C11H13F3N2OS.C7H4BrF3.C7H4F3NO.C4H11NOS.ClH/c1-17(2,3)28(27)11-14(12-6-8-13(9-7-12)18(20,21)22)16-15(19(23,24)25)5-4-10-26-16;2*15-13(16,17)9-5-3-8(4-6-9)11(21)12-10(14(18,19)20)2-1-7-22-12;1-10(2,3)18(17)16-7-9-8(11(12,13)14)5-4-6-15-9;8-6-3-1-5(2-4-6)7(9,10)11;8-7(9,10)5-2-1-3-11-6(5)4-12;1-4(2,3)7(5)6;/h4-10,14H,11H2,1-3H3;2*1-7,11H,21H2;4-7H,1-3H3;1-4H;1-4H;5H2,1-3H3;1H/t14-,28+;2*11-;18-;;;7-;/m0000..0./s1. The van der Waals surface area contributed by atoms with E-state index in [0.717, 1.165) is 164 Å². The molecule has 0 saturated heterocycles. The first-order valence-electron chi connectivity index (χ1n) is 33.5. The van der Waals surface area contributed by atoms with Crippen LogP contribution in [0.5, 0.6) is 0 Å². The van der Waals surface area contributed by atoms with Crippen LogP contribution in [-0.4, -0.2) is 70.0 Å². The van der Waals surface area contributed by atoms with E-state index in [1.807, 2.05) is 20.8 Å². The lowest BCUT2D eigenvalue weighted by molar-refractivity contribution is -0.139. The fraction of sp³-hybridized carbons (Fsp3) is 0.329. The highest BCUT2D eigenvalue weighted by Gasteiger charge is 2.42. The van der Waals surface area contributed by atoms with Gasteiger partial charge >= 0.3 is 55.6 Å². The number of carbonyl (C=O) groups is 1. The van der Waals surface area contributed by atoms with Crippen LogP contribution in [-0.2, 0) is 88.4 Å². The largest absolute Gasteiger partial charge is 0.418 e. The molecular weight excluding hydrogens is 1830 g/mol. The van der Waals surface area contributed by atoms with E-state index in [1.54, 1.807) is 41.5 Å². The van der Waals surface area contributed by atoms with Gasteiger partial charge < -0.3 is 11.5 Å². The summed E-state index contributed by atoms with van der Waals surface area (Å²) in [6.07, 6.45) is -34.0. The number of halogens is 29. The van der Waals surface area contributed by atoms with Gasteiger partial charge in [-0.05, 0) is 200 Å². The van der Waals surface area contributed by atoms with Crippen molar-refractivity contribution in [3.8, 4) is 0 Å². The number of aldehydes is 1. The van der Waals surface area contributed by atoms with Gasteiger partial charge in [-0.25, -0.2) is 8.42 Å². The Morgan fingerprint density at radius 2 is 0.612 bits per heavy atom. The lowest BCUT2D eigenvalue weighted by atomic mass is 9.93. The van der Waals surface area contributed by atoms with Crippen molar-refractivity contribution in [2.75, 3.05) is 5.75 Å². The summed E-state index contributed by atoms with van der Waals surface area (Å²) in [4.78, 5) is 28.1. The van der Waals surface area contributed by atoms with Crippen LogP contribution in [0.2, 0.25) is 0 Å². The van der Waals surface area contributed by atoms with Crippen molar-refractivity contribution < 1.29 is 136 Å². The Hall–Kier alpha value is -8.82. The van der Waals surface area contributed by atoms with Crippen LogP contribution in [0, 0.1) is 0 Å². The van der Waals surface area contributed by atoms with Gasteiger partial charge in [0.15, 0.2) is 6.29 Å². The van der Waals surface area contributed by atoms with Crippen molar-refractivity contribution >= 4 is 73.6 Å². The molecule has 5 aromatic heterocycles. The first kappa shape index (κ1) is 108. The van der Waals surface area contributed by atoms with Gasteiger partial charge in [0.1, 0.15) is 16.7 Å². The van der Waals surface area contributed by atoms with E-state index in [2.05, 4.69) is 45.2 Å². The molecule has 9 aromatic rings. The normalized spacial score (nSPS) is 14.0. The zero-order valence-corrected chi connectivity index (χ0v) is 68.6. The Morgan fingerprint density at radius 1 is 0.355 bits per heavy atom. The van der Waals surface area contributed by atoms with Gasteiger partial charge in [0.05, 0.1) is 112 Å². The summed E-state index contributed by atoms with van der Waals surface area (Å²) < 4.78 is 378. The predicted molar refractivity (Wildman–Crippen MR) is 407 cm³/mol. The van der Waals surface area contributed by atoms with E-state index in [0.29, 0.717) is 4.47 Å². The Morgan fingerprint density at radius 3 is 0.876 bits per heavy atom. The lowest BCUT2D eigenvalue weighted by Crippen LogP contribution is -2.28. The first-order chi connectivity index (χ1) is 54.5. The fourth-order valence-corrected chi connectivity index (χ4v) is 10.8. The van der Waals surface area contributed by atoms with Crippen LogP contribution in [0.3, 0.4) is 0 Å². The molecule has 0 saturated carbocycles. The van der Waals surface area contributed by atoms with E-state index >= 15 is 0 Å². The highest BCUT2D eigenvalue weighted by Crippen LogP contribution is 2.42. The predicted octanol–water partition coefficient (Wildman–Crippen LogP) is 23.3. The van der Waals surface area contributed by atoms with Crippen molar-refractivity contribution in [3.63, 3.8) is 0 Å². The molecule has 0 unspecified atom stereocenters. The van der Waals surface area contributed by atoms with Gasteiger partial charge in [0, 0.05) is 62.7 Å². The maximum absolute atomic E-state index is 13.5.